The molecule has 2 aromatic rings. The van der Waals surface area contributed by atoms with Gasteiger partial charge in [-0.3, -0.25) is 15.6 Å². The van der Waals surface area contributed by atoms with E-state index in [1.54, 1.807) is 6.07 Å². The maximum atomic E-state index is 12.1. The molecule has 0 saturated carbocycles. The lowest BCUT2D eigenvalue weighted by molar-refractivity contribution is 0.0917. The fourth-order valence-electron chi connectivity index (χ4n) is 1.73. The van der Waals surface area contributed by atoms with E-state index in [1.165, 1.54) is 0 Å². The summed E-state index contributed by atoms with van der Waals surface area (Å²) < 4.78 is 7.47. The predicted molar refractivity (Wildman–Crippen MR) is 103 cm³/mol. The van der Waals surface area contributed by atoms with Crippen LogP contribution in [-0.4, -0.2) is 16.6 Å². The number of fused-ring (bicyclic) bond motifs is 1. The molecule has 0 radical (unpaired) electrons. The van der Waals surface area contributed by atoms with Crippen LogP contribution >= 0.6 is 50.7 Å². The standard InChI is InChI=1S/C14H15BrIN3O2S/c1-14(2,3)17-13(22)19-18-12(20)10-5-7-4-8(15)6-9(16)11(7)21-10/h4-6H,1-3H3,(H,18,20)(H2,17,19,22). The molecule has 118 valence electrons. The molecule has 3 N–H and O–H groups in total. The minimum absolute atomic E-state index is 0.184. The molecule has 5 nitrogen and oxygen atoms in total. The van der Waals surface area contributed by atoms with Crippen molar-refractivity contribution in [1.82, 2.24) is 16.2 Å². The van der Waals surface area contributed by atoms with E-state index in [0.717, 1.165) is 13.4 Å². The van der Waals surface area contributed by atoms with Crippen molar-refractivity contribution in [3.05, 3.63) is 32.0 Å². The number of hydrogen-bond donors (Lipinski definition) is 3. The zero-order chi connectivity index (χ0) is 16.5. The quantitative estimate of drug-likeness (QED) is 0.320. The maximum absolute atomic E-state index is 12.1. The summed E-state index contributed by atoms with van der Waals surface area (Å²) >= 11 is 10.7. The number of furan rings is 1. The third-order valence-electron chi connectivity index (χ3n) is 2.54. The van der Waals surface area contributed by atoms with Gasteiger partial charge in [0.05, 0.1) is 3.57 Å². The molecular weight excluding hydrogens is 481 g/mol. The van der Waals surface area contributed by atoms with Gasteiger partial charge in [-0.25, -0.2) is 0 Å². The Morgan fingerprint density at radius 1 is 1.27 bits per heavy atom. The third-order valence-corrected chi connectivity index (χ3v) is 4.00. The van der Waals surface area contributed by atoms with E-state index in [0.29, 0.717) is 10.7 Å². The number of halogens is 2. The second-order valence-corrected chi connectivity index (χ2v) is 8.19. The monoisotopic (exact) mass is 495 g/mol. The van der Waals surface area contributed by atoms with Crippen LogP contribution in [0, 0.1) is 3.57 Å². The number of rotatable bonds is 1. The number of carbonyl (C=O) groups is 1. The van der Waals surface area contributed by atoms with Gasteiger partial charge in [-0.15, -0.1) is 0 Å². The summed E-state index contributed by atoms with van der Waals surface area (Å²) in [6.07, 6.45) is 0. The van der Waals surface area contributed by atoms with Gasteiger partial charge < -0.3 is 9.73 Å². The van der Waals surface area contributed by atoms with Crippen LogP contribution in [0.1, 0.15) is 31.3 Å². The van der Waals surface area contributed by atoms with Crippen molar-refractivity contribution in [3.63, 3.8) is 0 Å². The van der Waals surface area contributed by atoms with Crippen LogP contribution in [0.2, 0.25) is 0 Å². The van der Waals surface area contributed by atoms with Crippen LogP contribution in [0.15, 0.2) is 27.1 Å². The molecule has 0 bridgehead atoms. The first kappa shape index (κ1) is 17.5. The van der Waals surface area contributed by atoms with Gasteiger partial charge in [0, 0.05) is 15.4 Å². The Labute approximate surface area is 155 Å². The zero-order valence-electron chi connectivity index (χ0n) is 12.2. The van der Waals surface area contributed by atoms with Crippen molar-refractivity contribution in [3.8, 4) is 0 Å². The van der Waals surface area contributed by atoms with Crippen molar-refractivity contribution in [1.29, 1.82) is 0 Å². The van der Waals surface area contributed by atoms with E-state index in [9.17, 15) is 4.79 Å². The van der Waals surface area contributed by atoms with Crippen molar-refractivity contribution in [2.45, 2.75) is 26.3 Å². The molecule has 1 aromatic carbocycles. The van der Waals surface area contributed by atoms with Crippen molar-refractivity contribution in [2.75, 3.05) is 0 Å². The van der Waals surface area contributed by atoms with E-state index >= 15 is 0 Å². The summed E-state index contributed by atoms with van der Waals surface area (Å²) in [4.78, 5) is 12.1. The Balaban J connectivity index is 2.07. The van der Waals surface area contributed by atoms with Gasteiger partial charge >= 0.3 is 5.91 Å². The smallest absolute Gasteiger partial charge is 0.305 e. The highest BCUT2D eigenvalue weighted by Gasteiger charge is 2.16. The number of thiocarbonyl (C=S) groups is 1. The van der Waals surface area contributed by atoms with Crippen LogP contribution in [0.25, 0.3) is 11.0 Å². The Hall–Kier alpha value is -0.870. The molecule has 0 unspecified atom stereocenters. The van der Waals surface area contributed by atoms with Gasteiger partial charge in [-0.2, -0.15) is 0 Å². The van der Waals surface area contributed by atoms with E-state index in [4.69, 9.17) is 16.6 Å². The second-order valence-electron chi connectivity index (χ2n) is 5.70. The third kappa shape index (κ3) is 4.56. The van der Waals surface area contributed by atoms with Crippen LogP contribution in [0.5, 0.6) is 0 Å². The highest BCUT2D eigenvalue weighted by Crippen LogP contribution is 2.28. The van der Waals surface area contributed by atoms with Crippen molar-refractivity contribution in [2.24, 2.45) is 0 Å². The van der Waals surface area contributed by atoms with E-state index in [2.05, 4.69) is 54.7 Å². The molecule has 0 aliphatic carbocycles. The normalized spacial score (nSPS) is 11.3. The lowest BCUT2D eigenvalue weighted by Gasteiger charge is -2.22. The first-order valence-corrected chi connectivity index (χ1v) is 8.71. The average molecular weight is 496 g/mol. The molecule has 0 saturated heterocycles. The molecule has 0 atom stereocenters. The van der Waals surface area contributed by atoms with Gasteiger partial charge in [-0.05, 0) is 73.8 Å². The Morgan fingerprint density at radius 2 is 1.95 bits per heavy atom. The minimum Gasteiger partial charge on any atom is -0.450 e. The number of carbonyl (C=O) groups excluding carboxylic acids is 1. The van der Waals surface area contributed by atoms with Crippen molar-refractivity contribution >= 4 is 72.7 Å². The number of amides is 1. The van der Waals surface area contributed by atoms with E-state index in [-0.39, 0.29) is 17.2 Å². The molecule has 0 spiro atoms. The van der Waals surface area contributed by atoms with E-state index in [1.807, 2.05) is 32.9 Å². The fourth-order valence-corrected chi connectivity index (χ4v) is 3.75. The number of benzene rings is 1. The first-order chi connectivity index (χ1) is 10.2. The number of nitrogens with one attached hydrogen (secondary N) is 3. The molecule has 8 heteroatoms. The number of hydrogen-bond acceptors (Lipinski definition) is 3. The van der Waals surface area contributed by atoms with Crippen LogP contribution in [-0.2, 0) is 0 Å². The molecular formula is C14H15BrIN3O2S. The first-order valence-electron chi connectivity index (χ1n) is 6.43. The minimum atomic E-state index is -0.388. The van der Waals surface area contributed by atoms with Gasteiger partial charge in [0.15, 0.2) is 10.9 Å². The largest absolute Gasteiger partial charge is 0.450 e. The maximum Gasteiger partial charge on any atom is 0.305 e. The van der Waals surface area contributed by atoms with Crippen LogP contribution < -0.4 is 16.2 Å². The fraction of sp³-hybridized carbons (Fsp3) is 0.286. The molecule has 0 aliphatic heterocycles. The summed E-state index contributed by atoms with van der Waals surface area (Å²) in [5.41, 5.74) is 5.67. The Morgan fingerprint density at radius 3 is 2.59 bits per heavy atom. The second kappa shape index (κ2) is 6.71. The van der Waals surface area contributed by atoms with Gasteiger partial charge in [0.1, 0.15) is 5.58 Å². The molecule has 1 aromatic heterocycles. The highest BCUT2D eigenvalue weighted by molar-refractivity contribution is 14.1. The van der Waals surface area contributed by atoms with Gasteiger partial charge in [0.25, 0.3) is 0 Å². The molecule has 1 heterocycles. The van der Waals surface area contributed by atoms with Gasteiger partial charge in [0.2, 0.25) is 0 Å². The van der Waals surface area contributed by atoms with Crippen LogP contribution in [0.4, 0.5) is 0 Å². The molecule has 2 rings (SSSR count). The van der Waals surface area contributed by atoms with Gasteiger partial charge in [-0.1, -0.05) is 15.9 Å². The molecule has 22 heavy (non-hydrogen) atoms. The van der Waals surface area contributed by atoms with E-state index < -0.39 is 0 Å². The Bertz CT molecular complexity index is 739. The SMILES string of the molecule is CC(C)(C)NC(=S)NNC(=O)c1cc2cc(Br)cc(I)c2o1. The molecule has 0 aliphatic rings. The lowest BCUT2D eigenvalue weighted by Crippen LogP contribution is -2.52. The summed E-state index contributed by atoms with van der Waals surface area (Å²) in [7, 11) is 0. The summed E-state index contributed by atoms with van der Waals surface area (Å²) in [6, 6.07) is 5.52. The summed E-state index contributed by atoms with van der Waals surface area (Å²) in [6.45, 7) is 5.92. The Kier molecular flexibility index (Phi) is 5.33. The topological polar surface area (TPSA) is 66.3 Å². The predicted octanol–water partition coefficient (Wildman–Crippen LogP) is 3.71. The summed E-state index contributed by atoms with van der Waals surface area (Å²) in [5, 5.41) is 4.24. The average Bonchev–Trinajstić information content (AvgIpc) is 2.78. The highest BCUT2D eigenvalue weighted by atomic mass is 127. The lowest BCUT2D eigenvalue weighted by atomic mass is 10.1. The number of hydrazine groups is 1. The van der Waals surface area contributed by atoms with Crippen LogP contribution in [0.3, 0.4) is 0 Å². The van der Waals surface area contributed by atoms with Crippen molar-refractivity contribution < 1.29 is 9.21 Å². The molecule has 1 amide bonds. The summed E-state index contributed by atoms with van der Waals surface area (Å²) in [5.74, 6) is -0.168. The molecule has 0 fully saturated rings. The zero-order valence-corrected chi connectivity index (χ0v) is 16.8.